The predicted octanol–water partition coefficient (Wildman–Crippen LogP) is 8.37. The minimum absolute atomic E-state index is 0.0691. The number of carbonyl (C=O) groups excluding carboxylic acids is 2. The van der Waals surface area contributed by atoms with Gasteiger partial charge in [0, 0.05) is 52.4 Å². The molecular formula is C32H36BrClF3N3O3. The van der Waals surface area contributed by atoms with Crippen LogP contribution >= 0.6 is 27.5 Å². The molecule has 2 atom stereocenters. The van der Waals surface area contributed by atoms with Crippen LogP contribution in [0.25, 0.3) is 10.9 Å². The lowest BCUT2D eigenvalue weighted by molar-refractivity contribution is -0.176. The summed E-state index contributed by atoms with van der Waals surface area (Å²) in [5.74, 6) is -2.11. The summed E-state index contributed by atoms with van der Waals surface area (Å²) in [6.45, 7) is 7.52. The fourth-order valence-corrected chi connectivity index (χ4v) is 6.17. The number of alkyl halides is 3. The van der Waals surface area contributed by atoms with E-state index in [4.69, 9.17) is 21.3 Å². The van der Waals surface area contributed by atoms with Crippen molar-refractivity contribution in [3.8, 4) is 0 Å². The van der Waals surface area contributed by atoms with E-state index >= 15 is 0 Å². The molecule has 0 bridgehead atoms. The van der Waals surface area contributed by atoms with Crippen LogP contribution in [0.4, 0.5) is 19.0 Å². The molecule has 1 saturated heterocycles. The smallest absolute Gasteiger partial charge is 0.393 e. The first-order valence-electron chi connectivity index (χ1n) is 14.3. The Morgan fingerprint density at radius 2 is 1.91 bits per heavy atom. The van der Waals surface area contributed by atoms with E-state index in [1.807, 2.05) is 18.2 Å². The van der Waals surface area contributed by atoms with Gasteiger partial charge in [0.1, 0.15) is 11.4 Å². The number of hydrogen-bond donors (Lipinski definition) is 1. The second kappa shape index (κ2) is 13.4. The van der Waals surface area contributed by atoms with E-state index in [1.165, 1.54) is 0 Å². The summed E-state index contributed by atoms with van der Waals surface area (Å²) in [4.78, 5) is 32.8. The number of aromatic nitrogens is 1. The van der Waals surface area contributed by atoms with Gasteiger partial charge in [-0.1, -0.05) is 45.7 Å². The molecule has 6 nitrogen and oxygen atoms in total. The fraction of sp³-hybridized carbons (Fsp3) is 0.469. The highest BCUT2D eigenvalue weighted by Gasteiger charge is 2.42. The lowest BCUT2D eigenvalue weighted by Gasteiger charge is -2.35. The number of rotatable bonds is 8. The first kappa shape index (κ1) is 33.1. The van der Waals surface area contributed by atoms with E-state index < -0.39 is 17.7 Å². The first-order chi connectivity index (χ1) is 20.1. The van der Waals surface area contributed by atoms with Crippen molar-refractivity contribution in [1.82, 2.24) is 10.3 Å². The van der Waals surface area contributed by atoms with E-state index in [9.17, 15) is 22.8 Å². The van der Waals surface area contributed by atoms with Crippen molar-refractivity contribution in [1.29, 1.82) is 0 Å². The average molecular weight is 683 g/mol. The number of benzene rings is 2. The van der Waals surface area contributed by atoms with Gasteiger partial charge >= 0.3 is 12.1 Å². The summed E-state index contributed by atoms with van der Waals surface area (Å²) >= 11 is 9.98. The molecule has 232 valence electrons. The fourth-order valence-electron chi connectivity index (χ4n) is 5.52. The molecule has 3 aromatic rings. The van der Waals surface area contributed by atoms with Crippen molar-refractivity contribution in [2.24, 2.45) is 5.92 Å². The summed E-state index contributed by atoms with van der Waals surface area (Å²) in [5.41, 5.74) is 1.54. The maximum absolute atomic E-state index is 13.9. The van der Waals surface area contributed by atoms with Gasteiger partial charge in [-0.3, -0.25) is 9.59 Å². The number of carbonyl (C=O) groups is 2. The van der Waals surface area contributed by atoms with Crippen molar-refractivity contribution in [2.75, 3.05) is 24.5 Å². The number of amides is 1. The minimum atomic E-state index is -4.30. The molecule has 4 rings (SSSR count). The number of hydrogen-bond acceptors (Lipinski definition) is 5. The molecule has 2 aromatic carbocycles. The Labute approximate surface area is 263 Å². The predicted molar refractivity (Wildman–Crippen MR) is 167 cm³/mol. The number of ether oxygens (including phenoxy) is 1. The summed E-state index contributed by atoms with van der Waals surface area (Å²) < 4.78 is 47.1. The van der Waals surface area contributed by atoms with Gasteiger partial charge < -0.3 is 15.0 Å². The van der Waals surface area contributed by atoms with Gasteiger partial charge in [-0.05, 0) is 76.8 Å². The lowest BCUT2D eigenvalue weighted by atomic mass is 9.93. The van der Waals surface area contributed by atoms with E-state index in [2.05, 4.69) is 21.2 Å². The SMILES string of the molecule is Cc1c(N2CCCC(C(F)(F)F)C2)nc2ccc(Br)cc2c1C(=O)NCC(CCC(=O)OC(C)(C)C)c1ccccc1Cl. The normalized spacial score (nSPS) is 16.7. The topological polar surface area (TPSA) is 71.5 Å². The van der Waals surface area contributed by atoms with Crippen LogP contribution in [0.1, 0.15) is 73.9 Å². The highest BCUT2D eigenvalue weighted by Crippen LogP contribution is 2.37. The third-order valence-electron chi connectivity index (χ3n) is 7.55. The number of piperidine rings is 1. The van der Waals surface area contributed by atoms with E-state index in [0.717, 1.165) is 10.0 Å². The third kappa shape index (κ3) is 8.41. The number of nitrogens with zero attached hydrogens (tertiary/aromatic N) is 2. The lowest BCUT2D eigenvalue weighted by Crippen LogP contribution is -2.42. The number of nitrogens with one attached hydrogen (secondary N) is 1. The molecular weight excluding hydrogens is 647 g/mol. The van der Waals surface area contributed by atoms with Crippen LogP contribution in [0.5, 0.6) is 0 Å². The van der Waals surface area contributed by atoms with E-state index in [-0.39, 0.29) is 43.7 Å². The largest absolute Gasteiger partial charge is 0.460 e. The Kier molecular flexibility index (Phi) is 10.3. The van der Waals surface area contributed by atoms with Gasteiger partial charge in [-0.2, -0.15) is 13.2 Å². The Morgan fingerprint density at radius 1 is 1.19 bits per heavy atom. The maximum Gasteiger partial charge on any atom is 0.393 e. The molecule has 2 unspecified atom stereocenters. The van der Waals surface area contributed by atoms with Crippen molar-refractivity contribution in [2.45, 2.75) is 71.1 Å². The van der Waals surface area contributed by atoms with Crippen LogP contribution in [0, 0.1) is 12.8 Å². The quantitative estimate of drug-likeness (QED) is 0.242. The van der Waals surface area contributed by atoms with Crippen LogP contribution in [0.3, 0.4) is 0 Å². The van der Waals surface area contributed by atoms with Gasteiger partial charge in [0.15, 0.2) is 0 Å². The minimum Gasteiger partial charge on any atom is -0.460 e. The Balaban J connectivity index is 1.64. The highest BCUT2D eigenvalue weighted by molar-refractivity contribution is 9.10. The van der Waals surface area contributed by atoms with Crippen molar-refractivity contribution in [3.63, 3.8) is 0 Å². The number of anilines is 1. The zero-order valence-corrected chi connectivity index (χ0v) is 27.0. The van der Waals surface area contributed by atoms with Gasteiger partial charge in [-0.15, -0.1) is 0 Å². The Bertz CT molecular complexity index is 1490. The maximum atomic E-state index is 13.9. The third-order valence-corrected chi connectivity index (χ3v) is 8.38. The van der Waals surface area contributed by atoms with Crippen LogP contribution < -0.4 is 10.2 Å². The van der Waals surface area contributed by atoms with Crippen LogP contribution in [-0.4, -0.2) is 48.3 Å². The molecule has 2 heterocycles. The molecule has 43 heavy (non-hydrogen) atoms. The van der Waals surface area contributed by atoms with Crippen LogP contribution in [0.15, 0.2) is 46.9 Å². The van der Waals surface area contributed by atoms with E-state index in [1.54, 1.807) is 56.9 Å². The first-order valence-corrected chi connectivity index (χ1v) is 15.5. The van der Waals surface area contributed by atoms with Crippen LogP contribution in [0.2, 0.25) is 5.02 Å². The van der Waals surface area contributed by atoms with Crippen LogP contribution in [-0.2, 0) is 9.53 Å². The molecule has 0 aliphatic carbocycles. The summed E-state index contributed by atoms with van der Waals surface area (Å²) in [7, 11) is 0. The van der Waals surface area contributed by atoms with Crippen molar-refractivity contribution in [3.05, 3.63) is 68.7 Å². The van der Waals surface area contributed by atoms with Gasteiger partial charge in [-0.25, -0.2) is 4.98 Å². The molecule has 1 N–H and O–H groups in total. The van der Waals surface area contributed by atoms with Crippen molar-refractivity contribution < 1.29 is 27.5 Å². The molecule has 1 amide bonds. The molecule has 1 aromatic heterocycles. The molecule has 0 spiro atoms. The van der Waals surface area contributed by atoms with E-state index in [0.29, 0.717) is 52.3 Å². The molecule has 1 fully saturated rings. The van der Waals surface area contributed by atoms with Crippen molar-refractivity contribution >= 4 is 56.1 Å². The second-order valence-electron chi connectivity index (χ2n) is 12.0. The Hall–Kier alpha value is -2.85. The number of fused-ring (bicyclic) bond motifs is 1. The summed E-state index contributed by atoms with van der Waals surface area (Å²) in [5, 5.41) is 4.13. The molecule has 0 saturated carbocycles. The molecule has 0 radical (unpaired) electrons. The average Bonchev–Trinajstić information content (AvgIpc) is 2.92. The van der Waals surface area contributed by atoms with Gasteiger partial charge in [0.2, 0.25) is 0 Å². The molecule has 1 aliphatic heterocycles. The van der Waals surface area contributed by atoms with Gasteiger partial charge in [0.05, 0.1) is 17.0 Å². The Morgan fingerprint density at radius 3 is 2.58 bits per heavy atom. The number of esters is 1. The summed E-state index contributed by atoms with van der Waals surface area (Å²) in [6, 6.07) is 12.6. The monoisotopic (exact) mass is 681 g/mol. The number of halogens is 5. The summed E-state index contributed by atoms with van der Waals surface area (Å²) in [6.07, 6.45) is -3.34. The number of pyridine rings is 1. The zero-order chi connectivity index (χ0) is 31.5. The highest BCUT2D eigenvalue weighted by atomic mass is 79.9. The van der Waals surface area contributed by atoms with Gasteiger partial charge in [0.25, 0.3) is 5.91 Å². The zero-order valence-electron chi connectivity index (χ0n) is 24.7. The molecule has 1 aliphatic rings. The second-order valence-corrected chi connectivity index (χ2v) is 13.3. The molecule has 11 heteroatoms. The standard InChI is InChI=1S/C32H36BrClF3N3O3/c1-19-28(24-16-22(33)12-13-26(24)39-29(19)40-15-7-8-21(18-40)32(35,36)37)30(42)38-17-20(23-9-5-6-10-25(23)34)11-14-27(41)43-31(2,3)4/h5-6,9-10,12-13,16,20-21H,7-8,11,14-15,17-18H2,1-4H3,(H,38,42).